The van der Waals surface area contributed by atoms with Crippen LogP contribution in [-0.2, 0) is 9.36 Å². The number of piperidine rings is 1. The lowest BCUT2D eigenvalue weighted by Gasteiger charge is -2.31. The molecule has 0 spiro atoms. The van der Waals surface area contributed by atoms with Crippen molar-refractivity contribution in [3.63, 3.8) is 0 Å². The Balaban J connectivity index is 1.67. The lowest BCUT2D eigenvalue weighted by atomic mass is 9.87. The van der Waals surface area contributed by atoms with Gasteiger partial charge in [-0.1, -0.05) is 19.9 Å². The first-order chi connectivity index (χ1) is 17.7. The van der Waals surface area contributed by atoms with Crippen LogP contribution in [0.5, 0.6) is 0 Å². The lowest BCUT2D eigenvalue weighted by Crippen LogP contribution is -2.39. The van der Waals surface area contributed by atoms with E-state index in [1.807, 2.05) is 26.1 Å². The standard InChI is InChI=1S/C26H31N6O4P/c1-15(2)24-20-11-19(18-7-9-30(10-8-18)13-23(27)33)5-6-22(20)32(36-37(34)35)25(24)21-12-31-26(28-14-29-31)17(4)16(21)3/h5-6,11-12,14-15,18H,7-10,13H2,1-4H3,(H2-,27,33,34,35)/p+1. The summed E-state index contributed by atoms with van der Waals surface area (Å²) in [5, 5.41) is 5.34. The number of nitrogens with two attached hydrogens (primary N) is 1. The number of carbonyl (C=O) groups is 1. The van der Waals surface area contributed by atoms with Crippen LogP contribution in [0.25, 0.3) is 27.8 Å². The van der Waals surface area contributed by atoms with Crippen LogP contribution in [0.4, 0.5) is 0 Å². The number of carbonyl (C=O) groups excluding carboxylic acids is 1. The molecule has 37 heavy (non-hydrogen) atoms. The average Bonchev–Trinajstić information content (AvgIpc) is 3.44. The van der Waals surface area contributed by atoms with Crippen LogP contribution in [0.15, 0.2) is 30.7 Å². The second-order valence-electron chi connectivity index (χ2n) is 10.1. The van der Waals surface area contributed by atoms with E-state index >= 15 is 0 Å². The van der Waals surface area contributed by atoms with Crippen LogP contribution < -0.4 is 10.4 Å². The van der Waals surface area contributed by atoms with Gasteiger partial charge in [0.05, 0.1) is 17.8 Å². The highest BCUT2D eigenvalue weighted by molar-refractivity contribution is 7.32. The molecule has 3 aromatic heterocycles. The normalized spacial score (nSPS) is 15.7. The minimum Gasteiger partial charge on any atom is -0.369 e. The van der Waals surface area contributed by atoms with E-state index in [0.717, 1.165) is 70.4 Å². The van der Waals surface area contributed by atoms with Crippen LogP contribution >= 0.6 is 8.25 Å². The molecular formula is C26H32N6O4P+. The van der Waals surface area contributed by atoms with Gasteiger partial charge in [-0.3, -0.25) is 9.69 Å². The fraction of sp³-hybridized carbons (Fsp3) is 0.423. The van der Waals surface area contributed by atoms with Crippen molar-refractivity contribution in [3.05, 3.63) is 53.0 Å². The molecule has 11 heteroatoms. The van der Waals surface area contributed by atoms with E-state index in [4.69, 9.17) is 10.4 Å². The molecule has 1 fully saturated rings. The number of likely N-dealkylation sites (tertiary alicyclic amines) is 1. The van der Waals surface area contributed by atoms with Crippen molar-refractivity contribution >= 4 is 30.7 Å². The molecule has 1 aliphatic heterocycles. The fourth-order valence-electron chi connectivity index (χ4n) is 5.64. The van der Waals surface area contributed by atoms with Crippen molar-refractivity contribution in [2.75, 3.05) is 19.6 Å². The highest BCUT2D eigenvalue weighted by Crippen LogP contribution is 2.42. The second-order valence-corrected chi connectivity index (χ2v) is 10.8. The Morgan fingerprint density at radius 1 is 1.24 bits per heavy atom. The number of pyridine rings is 1. The number of amides is 1. The van der Waals surface area contributed by atoms with E-state index in [9.17, 15) is 14.3 Å². The zero-order valence-corrected chi connectivity index (χ0v) is 22.4. The molecule has 0 saturated carbocycles. The molecule has 5 rings (SSSR count). The van der Waals surface area contributed by atoms with E-state index < -0.39 is 8.25 Å². The maximum absolute atomic E-state index is 12.0. The smallest absolute Gasteiger partial charge is 0.369 e. The summed E-state index contributed by atoms with van der Waals surface area (Å²) < 4.78 is 20.8. The predicted octanol–water partition coefficient (Wildman–Crippen LogP) is 3.83. The Morgan fingerprint density at radius 3 is 2.62 bits per heavy atom. The van der Waals surface area contributed by atoms with Crippen LogP contribution in [0.2, 0.25) is 0 Å². The SMILES string of the molecule is Cc1c(-c2c(C(C)C)c3cc(C4CCN(CC(N)=O)CC4)ccc3n2O[P+](=O)O)cn2ncnc2c1C. The van der Waals surface area contributed by atoms with Crippen LogP contribution in [0, 0.1) is 13.8 Å². The molecule has 1 aliphatic rings. The zero-order valence-electron chi connectivity index (χ0n) is 21.5. The molecule has 4 heterocycles. The molecule has 1 aromatic carbocycles. The van der Waals surface area contributed by atoms with Gasteiger partial charge in [0.15, 0.2) is 5.65 Å². The molecule has 4 aromatic rings. The first kappa shape index (κ1) is 25.3. The van der Waals surface area contributed by atoms with Gasteiger partial charge in [0.2, 0.25) is 5.91 Å². The average molecular weight is 524 g/mol. The van der Waals surface area contributed by atoms with Gasteiger partial charge in [-0.25, -0.2) is 9.50 Å². The monoisotopic (exact) mass is 523 g/mol. The Hall–Kier alpha value is -3.33. The van der Waals surface area contributed by atoms with Crippen LogP contribution in [-0.4, -0.2) is 54.7 Å². The number of benzene rings is 1. The van der Waals surface area contributed by atoms with Crippen molar-refractivity contribution < 1.29 is 18.9 Å². The predicted molar refractivity (Wildman–Crippen MR) is 141 cm³/mol. The van der Waals surface area contributed by atoms with Crippen molar-refractivity contribution in [1.29, 1.82) is 0 Å². The summed E-state index contributed by atoms with van der Waals surface area (Å²) in [6, 6.07) is 6.25. The summed E-state index contributed by atoms with van der Waals surface area (Å²) in [7, 11) is -2.90. The summed E-state index contributed by atoms with van der Waals surface area (Å²) in [6.45, 7) is 10.2. The number of nitrogens with zero attached hydrogens (tertiary/aromatic N) is 5. The van der Waals surface area contributed by atoms with Gasteiger partial charge < -0.3 is 5.73 Å². The van der Waals surface area contributed by atoms with E-state index in [1.165, 1.54) is 16.6 Å². The number of aromatic nitrogens is 4. The molecule has 3 N–H and O–H groups in total. The first-order valence-electron chi connectivity index (χ1n) is 12.5. The Morgan fingerprint density at radius 2 is 1.97 bits per heavy atom. The van der Waals surface area contributed by atoms with E-state index in [1.54, 1.807) is 4.52 Å². The summed E-state index contributed by atoms with van der Waals surface area (Å²) in [5.74, 6) is 0.163. The van der Waals surface area contributed by atoms with Gasteiger partial charge >= 0.3 is 8.25 Å². The highest BCUT2D eigenvalue weighted by atomic mass is 31.1. The summed E-state index contributed by atoms with van der Waals surface area (Å²) in [6.07, 6.45) is 5.30. The number of hydrogen-bond donors (Lipinski definition) is 2. The Labute approximate surface area is 215 Å². The number of hydrogen-bond acceptors (Lipinski definition) is 6. The minimum atomic E-state index is -2.90. The Bertz CT molecular complexity index is 1520. The molecular weight excluding hydrogens is 491 g/mol. The number of primary amides is 1. The molecule has 10 nitrogen and oxygen atoms in total. The van der Waals surface area contributed by atoms with Gasteiger partial charge in [0, 0.05) is 21.7 Å². The van der Waals surface area contributed by atoms with Crippen molar-refractivity contribution in [2.24, 2.45) is 5.73 Å². The Kier molecular flexibility index (Phi) is 6.74. The number of fused-ring (bicyclic) bond motifs is 2. The van der Waals surface area contributed by atoms with Crippen LogP contribution in [0.3, 0.4) is 0 Å². The largest absolute Gasteiger partial charge is 0.768 e. The molecule has 0 aliphatic carbocycles. The third kappa shape index (κ3) is 4.61. The molecule has 1 atom stereocenters. The minimum absolute atomic E-state index is 0.109. The van der Waals surface area contributed by atoms with Gasteiger partial charge in [-0.05, 0) is 86.0 Å². The van der Waals surface area contributed by atoms with E-state index in [2.05, 4.69) is 41.0 Å². The number of rotatable bonds is 7. The first-order valence-corrected chi connectivity index (χ1v) is 13.6. The quantitative estimate of drug-likeness (QED) is 0.352. The maximum Gasteiger partial charge on any atom is 0.768 e. The lowest BCUT2D eigenvalue weighted by molar-refractivity contribution is -0.119. The second kappa shape index (κ2) is 9.85. The molecule has 1 saturated heterocycles. The van der Waals surface area contributed by atoms with Crippen molar-refractivity contribution in [2.45, 2.75) is 52.4 Å². The van der Waals surface area contributed by atoms with Gasteiger partial charge in [-0.2, -0.15) is 5.10 Å². The van der Waals surface area contributed by atoms with Gasteiger partial charge in [0.25, 0.3) is 0 Å². The fourth-order valence-corrected chi connectivity index (χ4v) is 5.95. The number of aryl methyl sites for hydroxylation is 1. The zero-order chi connectivity index (χ0) is 26.4. The summed E-state index contributed by atoms with van der Waals surface area (Å²) in [5.41, 5.74) is 12.7. The van der Waals surface area contributed by atoms with Crippen molar-refractivity contribution in [3.8, 4) is 11.3 Å². The van der Waals surface area contributed by atoms with Gasteiger partial charge in [-0.15, -0.1) is 14.2 Å². The summed E-state index contributed by atoms with van der Waals surface area (Å²) >= 11 is 0. The van der Waals surface area contributed by atoms with E-state index in [-0.39, 0.29) is 11.8 Å². The summed E-state index contributed by atoms with van der Waals surface area (Å²) in [4.78, 5) is 27.6. The highest BCUT2D eigenvalue weighted by Gasteiger charge is 2.30. The molecule has 1 amide bonds. The third-order valence-corrected chi connectivity index (χ3v) is 7.84. The molecule has 0 radical (unpaired) electrons. The topological polar surface area (TPSA) is 128 Å². The maximum atomic E-state index is 12.0. The molecule has 0 bridgehead atoms. The van der Waals surface area contributed by atoms with Crippen LogP contribution in [0.1, 0.15) is 60.8 Å². The van der Waals surface area contributed by atoms with Gasteiger partial charge in [0.1, 0.15) is 6.33 Å². The van der Waals surface area contributed by atoms with E-state index in [0.29, 0.717) is 12.5 Å². The molecule has 1 unspecified atom stereocenters. The third-order valence-electron chi connectivity index (χ3n) is 7.54. The van der Waals surface area contributed by atoms with Crippen molar-refractivity contribution in [1.82, 2.24) is 24.2 Å². The molecule has 194 valence electrons.